The highest BCUT2D eigenvalue weighted by Crippen LogP contribution is 2.25. The Hall–Kier alpha value is -1.87. The first-order valence-electron chi connectivity index (χ1n) is 6.31. The third-order valence-electron chi connectivity index (χ3n) is 2.44. The standard InChI is InChI=1S/C12H15N5O2S2/c1-3-13-11(19)15-10(18)7(2)21-12-14-9(16-17-12)8-5-4-6-20-8/h4-7H,3H2,1-2H3,(H,14,16,17)(H2,13,15,18,19). The molecule has 1 unspecified atom stereocenters. The molecule has 0 fully saturated rings. The van der Waals surface area contributed by atoms with E-state index in [1.807, 2.05) is 17.5 Å². The first-order chi connectivity index (χ1) is 10.1. The zero-order chi connectivity index (χ0) is 15.2. The molecule has 0 saturated carbocycles. The molecule has 9 heteroatoms. The van der Waals surface area contributed by atoms with Gasteiger partial charge in [-0.3, -0.25) is 15.2 Å². The average molecular weight is 325 g/mol. The van der Waals surface area contributed by atoms with Crippen LogP contribution in [0.15, 0.2) is 22.7 Å². The van der Waals surface area contributed by atoms with Crippen LogP contribution in [-0.2, 0) is 4.79 Å². The lowest BCUT2D eigenvalue weighted by Gasteiger charge is -2.09. The number of thiophene rings is 1. The SMILES string of the molecule is CCNC(=O)NC(=O)C(C)Sc1n[nH]c(-c2cccs2)n1. The van der Waals surface area contributed by atoms with Crippen LogP contribution in [0.1, 0.15) is 13.8 Å². The van der Waals surface area contributed by atoms with Gasteiger partial charge in [0.25, 0.3) is 0 Å². The number of thioether (sulfide) groups is 1. The first kappa shape index (κ1) is 15.5. The van der Waals surface area contributed by atoms with Gasteiger partial charge in [0.1, 0.15) is 0 Å². The van der Waals surface area contributed by atoms with Crippen molar-refractivity contribution in [3.63, 3.8) is 0 Å². The van der Waals surface area contributed by atoms with Gasteiger partial charge in [0.15, 0.2) is 5.82 Å². The Morgan fingerprint density at radius 2 is 2.33 bits per heavy atom. The van der Waals surface area contributed by atoms with Crippen LogP contribution in [0.2, 0.25) is 0 Å². The summed E-state index contributed by atoms with van der Waals surface area (Å²) in [5.41, 5.74) is 0. The van der Waals surface area contributed by atoms with Crippen molar-refractivity contribution in [2.24, 2.45) is 0 Å². The number of carbonyl (C=O) groups excluding carboxylic acids is 2. The molecule has 2 aromatic rings. The van der Waals surface area contributed by atoms with E-state index in [0.717, 1.165) is 4.88 Å². The Labute approximate surface area is 129 Å². The lowest BCUT2D eigenvalue weighted by atomic mass is 10.4. The highest BCUT2D eigenvalue weighted by molar-refractivity contribution is 8.00. The van der Waals surface area contributed by atoms with E-state index in [2.05, 4.69) is 25.8 Å². The Morgan fingerprint density at radius 3 is 3.00 bits per heavy atom. The number of aromatic nitrogens is 3. The monoisotopic (exact) mass is 325 g/mol. The molecule has 0 bridgehead atoms. The summed E-state index contributed by atoms with van der Waals surface area (Å²) in [4.78, 5) is 28.4. The number of nitrogens with zero attached hydrogens (tertiary/aromatic N) is 2. The molecular weight excluding hydrogens is 310 g/mol. The molecule has 0 aliphatic carbocycles. The van der Waals surface area contributed by atoms with Gasteiger partial charge in [-0.25, -0.2) is 9.78 Å². The number of imide groups is 1. The number of amides is 3. The van der Waals surface area contributed by atoms with Gasteiger partial charge in [-0.05, 0) is 25.3 Å². The summed E-state index contributed by atoms with van der Waals surface area (Å²) in [7, 11) is 0. The fourth-order valence-corrected chi connectivity index (χ4v) is 2.84. The van der Waals surface area contributed by atoms with E-state index in [1.54, 1.807) is 25.2 Å². The summed E-state index contributed by atoms with van der Waals surface area (Å²) < 4.78 is 0. The molecule has 0 aliphatic rings. The normalized spacial score (nSPS) is 11.9. The van der Waals surface area contributed by atoms with Crippen LogP contribution in [0.3, 0.4) is 0 Å². The third-order valence-corrected chi connectivity index (χ3v) is 4.28. The minimum Gasteiger partial charge on any atom is -0.338 e. The number of rotatable bonds is 5. The van der Waals surface area contributed by atoms with Gasteiger partial charge in [-0.2, -0.15) is 0 Å². The van der Waals surface area contributed by atoms with Gasteiger partial charge >= 0.3 is 6.03 Å². The first-order valence-corrected chi connectivity index (χ1v) is 8.07. The zero-order valence-corrected chi connectivity index (χ0v) is 13.2. The molecule has 7 nitrogen and oxygen atoms in total. The van der Waals surface area contributed by atoms with E-state index in [9.17, 15) is 9.59 Å². The van der Waals surface area contributed by atoms with Gasteiger partial charge in [-0.1, -0.05) is 17.8 Å². The fraction of sp³-hybridized carbons (Fsp3) is 0.333. The van der Waals surface area contributed by atoms with Crippen molar-refractivity contribution < 1.29 is 9.59 Å². The minimum atomic E-state index is -0.496. The Bertz CT molecular complexity index is 611. The predicted molar refractivity (Wildman–Crippen MR) is 82.2 cm³/mol. The fourth-order valence-electron chi connectivity index (χ4n) is 1.45. The Balaban J connectivity index is 1.92. The van der Waals surface area contributed by atoms with Crippen LogP contribution in [0.4, 0.5) is 4.79 Å². The summed E-state index contributed by atoms with van der Waals surface area (Å²) in [6.45, 7) is 3.94. The lowest BCUT2D eigenvalue weighted by molar-refractivity contribution is -0.119. The Kier molecular flexibility index (Phi) is 5.34. The number of H-pyrrole nitrogens is 1. The molecule has 0 saturated heterocycles. The molecule has 112 valence electrons. The minimum absolute atomic E-state index is 0.381. The lowest BCUT2D eigenvalue weighted by Crippen LogP contribution is -2.42. The maximum atomic E-state index is 11.8. The van der Waals surface area contributed by atoms with E-state index >= 15 is 0 Å². The number of nitrogens with one attached hydrogen (secondary N) is 3. The van der Waals surface area contributed by atoms with Gasteiger partial charge in [-0.15, -0.1) is 16.4 Å². The molecule has 3 N–H and O–H groups in total. The van der Waals surface area contributed by atoms with Crippen molar-refractivity contribution in [3.8, 4) is 10.7 Å². The van der Waals surface area contributed by atoms with Crippen LogP contribution in [0.5, 0.6) is 0 Å². The molecule has 3 amide bonds. The van der Waals surface area contributed by atoms with Gasteiger partial charge in [0, 0.05) is 6.54 Å². The highest BCUT2D eigenvalue weighted by Gasteiger charge is 2.19. The van der Waals surface area contributed by atoms with E-state index in [4.69, 9.17) is 0 Å². The quantitative estimate of drug-likeness (QED) is 0.729. The summed E-state index contributed by atoms with van der Waals surface area (Å²) in [5, 5.41) is 13.6. The molecular formula is C12H15N5O2S2. The molecule has 0 aromatic carbocycles. The van der Waals surface area contributed by atoms with E-state index < -0.39 is 11.3 Å². The smallest absolute Gasteiger partial charge is 0.321 e. The van der Waals surface area contributed by atoms with E-state index in [0.29, 0.717) is 17.5 Å². The third kappa shape index (κ3) is 4.30. The number of hydrogen-bond donors (Lipinski definition) is 3. The molecule has 2 rings (SSSR count). The molecule has 0 radical (unpaired) electrons. The molecule has 0 spiro atoms. The predicted octanol–water partition coefficient (Wildman–Crippen LogP) is 1.86. The van der Waals surface area contributed by atoms with Crippen molar-refractivity contribution in [1.29, 1.82) is 0 Å². The maximum Gasteiger partial charge on any atom is 0.321 e. The van der Waals surface area contributed by atoms with E-state index in [-0.39, 0.29) is 5.91 Å². The van der Waals surface area contributed by atoms with Gasteiger partial charge in [0.05, 0.1) is 10.1 Å². The summed E-state index contributed by atoms with van der Waals surface area (Å²) >= 11 is 2.74. The summed E-state index contributed by atoms with van der Waals surface area (Å²) in [6.07, 6.45) is 0. The van der Waals surface area contributed by atoms with Crippen LogP contribution in [-0.4, -0.2) is 38.9 Å². The van der Waals surface area contributed by atoms with Gasteiger partial charge < -0.3 is 5.32 Å². The second kappa shape index (κ2) is 7.23. The van der Waals surface area contributed by atoms with Crippen LogP contribution in [0.25, 0.3) is 10.7 Å². The number of hydrogen-bond acceptors (Lipinski definition) is 6. The van der Waals surface area contributed by atoms with Crippen molar-refractivity contribution in [1.82, 2.24) is 25.8 Å². The van der Waals surface area contributed by atoms with Crippen LogP contribution in [0, 0.1) is 0 Å². The summed E-state index contributed by atoms with van der Waals surface area (Å²) in [5.74, 6) is 0.289. The molecule has 1 atom stereocenters. The van der Waals surface area contributed by atoms with Crippen LogP contribution >= 0.6 is 23.1 Å². The topological polar surface area (TPSA) is 99.8 Å². The Morgan fingerprint density at radius 1 is 1.52 bits per heavy atom. The number of carbonyl (C=O) groups is 2. The van der Waals surface area contributed by atoms with Crippen molar-refractivity contribution in [2.75, 3.05) is 6.54 Å². The summed E-state index contributed by atoms with van der Waals surface area (Å²) in [6, 6.07) is 3.37. The zero-order valence-electron chi connectivity index (χ0n) is 11.5. The number of urea groups is 1. The number of aromatic amines is 1. The van der Waals surface area contributed by atoms with Crippen LogP contribution < -0.4 is 10.6 Å². The average Bonchev–Trinajstić information content (AvgIpc) is 3.08. The molecule has 0 aliphatic heterocycles. The van der Waals surface area contributed by atoms with E-state index in [1.165, 1.54) is 11.8 Å². The molecule has 21 heavy (non-hydrogen) atoms. The maximum absolute atomic E-state index is 11.8. The highest BCUT2D eigenvalue weighted by atomic mass is 32.2. The van der Waals surface area contributed by atoms with Gasteiger partial charge in [0.2, 0.25) is 11.1 Å². The largest absolute Gasteiger partial charge is 0.338 e. The molecule has 2 aromatic heterocycles. The van der Waals surface area contributed by atoms with Crippen molar-refractivity contribution >= 4 is 35.0 Å². The van der Waals surface area contributed by atoms with Crippen molar-refractivity contribution in [2.45, 2.75) is 24.3 Å². The second-order valence-corrected chi connectivity index (χ2v) is 6.31. The molecule has 2 heterocycles. The van der Waals surface area contributed by atoms with Crippen molar-refractivity contribution in [3.05, 3.63) is 17.5 Å². The second-order valence-electron chi connectivity index (χ2n) is 4.05.